The number of nitrogens with zero attached hydrogens (tertiary/aromatic N) is 1. The third-order valence-electron chi connectivity index (χ3n) is 4.24. The first-order chi connectivity index (χ1) is 10.0. The summed E-state index contributed by atoms with van der Waals surface area (Å²) in [7, 11) is 0. The number of hydrogen-bond acceptors (Lipinski definition) is 3. The molecule has 1 fully saturated rings. The van der Waals surface area contributed by atoms with Gasteiger partial charge in [-0.3, -0.25) is 0 Å². The first-order valence-corrected chi connectivity index (χ1v) is 8.29. The smallest absolute Gasteiger partial charge is 0.119 e. The zero-order chi connectivity index (χ0) is 15.2. The predicted molar refractivity (Wildman–Crippen MR) is 88.6 cm³/mol. The summed E-state index contributed by atoms with van der Waals surface area (Å²) in [5.41, 5.74) is 7.58. The third kappa shape index (κ3) is 5.33. The molecule has 3 nitrogen and oxygen atoms in total. The molecule has 2 atom stereocenters. The summed E-state index contributed by atoms with van der Waals surface area (Å²) in [6.45, 7) is 9.77. The first-order valence-electron chi connectivity index (χ1n) is 8.29. The van der Waals surface area contributed by atoms with E-state index in [9.17, 15) is 0 Å². The first kappa shape index (κ1) is 16.3. The molecule has 1 aromatic carbocycles. The Morgan fingerprint density at radius 2 is 1.90 bits per heavy atom. The molecule has 1 aliphatic heterocycles. The van der Waals surface area contributed by atoms with Crippen LogP contribution in [-0.4, -0.2) is 30.6 Å². The van der Waals surface area contributed by atoms with Gasteiger partial charge in [0.15, 0.2) is 0 Å². The van der Waals surface area contributed by atoms with Gasteiger partial charge in [-0.25, -0.2) is 0 Å². The molecule has 0 saturated carbocycles. The van der Waals surface area contributed by atoms with E-state index in [0.29, 0.717) is 0 Å². The molecule has 0 spiro atoms. The monoisotopic (exact) mass is 290 g/mol. The van der Waals surface area contributed by atoms with Crippen molar-refractivity contribution >= 4 is 0 Å². The van der Waals surface area contributed by atoms with Crippen molar-refractivity contribution in [1.29, 1.82) is 0 Å². The van der Waals surface area contributed by atoms with E-state index in [1.807, 2.05) is 26.0 Å². The largest absolute Gasteiger partial charge is 0.491 e. The van der Waals surface area contributed by atoms with E-state index in [1.165, 1.54) is 37.9 Å². The molecule has 0 aliphatic carbocycles. The minimum absolute atomic E-state index is 0.0894. The Morgan fingerprint density at radius 3 is 2.57 bits per heavy atom. The van der Waals surface area contributed by atoms with Crippen LogP contribution < -0.4 is 10.5 Å². The highest BCUT2D eigenvalue weighted by atomic mass is 16.5. The number of hydrogen-bond donors (Lipinski definition) is 1. The molecule has 0 bridgehead atoms. The van der Waals surface area contributed by atoms with Crippen molar-refractivity contribution < 1.29 is 4.74 Å². The van der Waals surface area contributed by atoms with Gasteiger partial charge in [-0.15, -0.1) is 0 Å². The molecule has 21 heavy (non-hydrogen) atoms. The van der Waals surface area contributed by atoms with Crippen molar-refractivity contribution in [2.24, 2.45) is 11.7 Å². The zero-order valence-corrected chi connectivity index (χ0v) is 13.7. The van der Waals surface area contributed by atoms with E-state index < -0.39 is 0 Å². The molecule has 1 aliphatic rings. The quantitative estimate of drug-likeness (QED) is 0.900. The Morgan fingerprint density at radius 1 is 1.19 bits per heavy atom. The van der Waals surface area contributed by atoms with Gasteiger partial charge in [-0.2, -0.15) is 0 Å². The van der Waals surface area contributed by atoms with Gasteiger partial charge in [0.25, 0.3) is 0 Å². The highest BCUT2D eigenvalue weighted by molar-refractivity contribution is 5.29. The van der Waals surface area contributed by atoms with Crippen molar-refractivity contribution in [2.45, 2.75) is 52.2 Å². The van der Waals surface area contributed by atoms with Crippen LogP contribution in [0.2, 0.25) is 0 Å². The molecule has 2 N–H and O–H groups in total. The van der Waals surface area contributed by atoms with Gasteiger partial charge in [0, 0.05) is 12.6 Å². The van der Waals surface area contributed by atoms with Gasteiger partial charge in [0.1, 0.15) is 5.75 Å². The van der Waals surface area contributed by atoms with Crippen molar-refractivity contribution in [1.82, 2.24) is 4.90 Å². The van der Waals surface area contributed by atoms with Gasteiger partial charge in [0.05, 0.1) is 6.10 Å². The van der Waals surface area contributed by atoms with Gasteiger partial charge < -0.3 is 15.4 Å². The Labute approximate surface area is 129 Å². The SMILES string of the molecule is CC1CCCN(CC(N)c2ccc(OC(C)C)cc2)CC1. The maximum atomic E-state index is 6.38. The second-order valence-electron chi connectivity index (χ2n) is 6.68. The van der Waals surface area contributed by atoms with Crippen molar-refractivity contribution in [3.05, 3.63) is 29.8 Å². The molecule has 0 aromatic heterocycles. The fraction of sp³-hybridized carbons (Fsp3) is 0.667. The van der Waals surface area contributed by atoms with Gasteiger partial charge >= 0.3 is 0 Å². The second kappa shape index (κ2) is 7.81. The van der Waals surface area contributed by atoms with Crippen molar-refractivity contribution in [3.63, 3.8) is 0 Å². The molecule has 2 rings (SSSR count). The van der Waals surface area contributed by atoms with Crippen LogP contribution in [0.1, 0.15) is 51.6 Å². The van der Waals surface area contributed by atoms with Gasteiger partial charge in [-0.1, -0.05) is 19.1 Å². The van der Waals surface area contributed by atoms with E-state index in [-0.39, 0.29) is 12.1 Å². The number of nitrogens with two attached hydrogens (primary N) is 1. The van der Waals surface area contributed by atoms with Crippen LogP contribution in [0.4, 0.5) is 0 Å². The minimum atomic E-state index is 0.0894. The Bertz CT molecular complexity index is 416. The van der Waals surface area contributed by atoms with Crippen LogP contribution in [0.25, 0.3) is 0 Å². The fourth-order valence-electron chi connectivity index (χ4n) is 2.95. The second-order valence-corrected chi connectivity index (χ2v) is 6.68. The van der Waals surface area contributed by atoms with Gasteiger partial charge in [0.2, 0.25) is 0 Å². The number of ether oxygens (including phenoxy) is 1. The average Bonchev–Trinajstić information content (AvgIpc) is 2.64. The van der Waals surface area contributed by atoms with E-state index >= 15 is 0 Å². The maximum Gasteiger partial charge on any atom is 0.119 e. The standard InChI is InChI=1S/C18H30N2O/c1-14(2)21-17-8-6-16(7-9-17)18(19)13-20-11-4-5-15(3)10-12-20/h6-9,14-15,18H,4-5,10-13,19H2,1-3H3. The fourth-order valence-corrected chi connectivity index (χ4v) is 2.95. The molecule has 3 heteroatoms. The summed E-state index contributed by atoms with van der Waals surface area (Å²) in [6.07, 6.45) is 4.17. The lowest BCUT2D eigenvalue weighted by atomic mass is 10.0. The van der Waals surface area contributed by atoms with Crippen LogP contribution in [0.15, 0.2) is 24.3 Å². The molecule has 0 amide bonds. The van der Waals surface area contributed by atoms with E-state index in [2.05, 4.69) is 24.0 Å². The number of benzene rings is 1. The lowest BCUT2D eigenvalue weighted by Gasteiger charge is -2.24. The van der Waals surface area contributed by atoms with Crippen molar-refractivity contribution in [3.8, 4) is 5.75 Å². The minimum Gasteiger partial charge on any atom is -0.491 e. The summed E-state index contributed by atoms with van der Waals surface area (Å²) in [6, 6.07) is 8.34. The van der Waals surface area contributed by atoms with Crippen LogP contribution in [0.3, 0.4) is 0 Å². The van der Waals surface area contributed by atoms with Crippen molar-refractivity contribution in [2.75, 3.05) is 19.6 Å². The normalized spacial score (nSPS) is 22.0. The summed E-state index contributed by atoms with van der Waals surface area (Å²) >= 11 is 0. The molecule has 1 aromatic rings. The summed E-state index contributed by atoms with van der Waals surface area (Å²) in [4.78, 5) is 2.52. The molecule has 1 heterocycles. The third-order valence-corrected chi connectivity index (χ3v) is 4.24. The Kier molecular flexibility index (Phi) is 6.07. The zero-order valence-electron chi connectivity index (χ0n) is 13.7. The lowest BCUT2D eigenvalue weighted by Crippen LogP contribution is -2.33. The van der Waals surface area contributed by atoms with E-state index in [0.717, 1.165) is 18.2 Å². The Balaban J connectivity index is 1.88. The van der Waals surface area contributed by atoms with Crippen LogP contribution in [0, 0.1) is 5.92 Å². The Hall–Kier alpha value is -1.06. The summed E-state index contributed by atoms with van der Waals surface area (Å²) in [5.74, 6) is 1.78. The molecular weight excluding hydrogens is 260 g/mol. The highest BCUT2D eigenvalue weighted by Crippen LogP contribution is 2.21. The van der Waals surface area contributed by atoms with E-state index in [1.54, 1.807) is 0 Å². The molecule has 0 radical (unpaired) electrons. The highest BCUT2D eigenvalue weighted by Gasteiger charge is 2.17. The number of likely N-dealkylation sites (tertiary alicyclic amines) is 1. The van der Waals surface area contributed by atoms with Crippen LogP contribution >= 0.6 is 0 Å². The number of rotatable bonds is 5. The van der Waals surface area contributed by atoms with Crippen LogP contribution in [-0.2, 0) is 0 Å². The molecule has 118 valence electrons. The van der Waals surface area contributed by atoms with Crippen LogP contribution in [0.5, 0.6) is 5.75 Å². The summed E-state index contributed by atoms with van der Waals surface area (Å²) < 4.78 is 5.68. The van der Waals surface area contributed by atoms with E-state index in [4.69, 9.17) is 10.5 Å². The lowest BCUT2D eigenvalue weighted by molar-refractivity contribution is 0.242. The average molecular weight is 290 g/mol. The molecule has 2 unspecified atom stereocenters. The summed E-state index contributed by atoms with van der Waals surface area (Å²) in [5, 5.41) is 0. The topological polar surface area (TPSA) is 38.5 Å². The molecule has 1 saturated heterocycles. The predicted octanol–water partition coefficient (Wildman–Crippen LogP) is 3.60. The molecular formula is C18H30N2O. The maximum absolute atomic E-state index is 6.38. The van der Waals surface area contributed by atoms with Gasteiger partial charge in [-0.05, 0) is 69.8 Å².